The second kappa shape index (κ2) is 10.9. The standard InChI is InChI=1S/C31H31N5O3S2/c32-19-22-5-1-2-6-24(22)30-34-27(25-7-3-4-8-26(25)29(37)35-31(20-33)13-14-31)28(40-30)21-9-11-23(12-10-21)36-15-17-41(38,39)18-16-36/h1-2,5-6,9-12,25-26H,3-4,7-8,13-18H2,(H,35,37). The first kappa shape index (κ1) is 27.4. The molecule has 3 fully saturated rings. The maximum Gasteiger partial charge on any atom is 0.225 e. The van der Waals surface area contributed by atoms with Gasteiger partial charge in [-0.3, -0.25) is 4.79 Å². The quantitative estimate of drug-likeness (QED) is 0.430. The van der Waals surface area contributed by atoms with Crippen LogP contribution in [0.1, 0.15) is 55.7 Å². The number of nitriles is 2. The van der Waals surface area contributed by atoms with Gasteiger partial charge < -0.3 is 10.2 Å². The van der Waals surface area contributed by atoms with Gasteiger partial charge in [0.2, 0.25) is 5.91 Å². The number of nitrogens with one attached hydrogen (secondary N) is 1. The van der Waals surface area contributed by atoms with Crippen LogP contribution in [-0.4, -0.2) is 49.4 Å². The molecule has 2 saturated carbocycles. The van der Waals surface area contributed by atoms with Crippen molar-refractivity contribution in [3.8, 4) is 33.2 Å². The molecule has 10 heteroatoms. The maximum atomic E-state index is 13.5. The van der Waals surface area contributed by atoms with Crippen molar-refractivity contribution in [2.75, 3.05) is 29.5 Å². The third-order valence-electron chi connectivity index (χ3n) is 8.55. The summed E-state index contributed by atoms with van der Waals surface area (Å²) in [5.74, 6) is -0.119. The highest BCUT2D eigenvalue weighted by molar-refractivity contribution is 7.91. The van der Waals surface area contributed by atoms with E-state index in [1.54, 1.807) is 6.07 Å². The molecule has 1 aromatic heterocycles. The Bertz CT molecular complexity index is 1650. The maximum absolute atomic E-state index is 13.5. The van der Waals surface area contributed by atoms with E-state index < -0.39 is 15.4 Å². The average Bonchev–Trinajstić information content (AvgIpc) is 3.63. The highest BCUT2D eigenvalue weighted by atomic mass is 32.2. The summed E-state index contributed by atoms with van der Waals surface area (Å²) >= 11 is 1.53. The van der Waals surface area contributed by atoms with Crippen LogP contribution in [0, 0.1) is 28.6 Å². The molecular formula is C31H31N5O3S2. The van der Waals surface area contributed by atoms with Gasteiger partial charge in [-0.15, -0.1) is 11.3 Å². The number of thiazole rings is 1. The Kier molecular flexibility index (Phi) is 7.31. The Morgan fingerprint density at radius 3 is 2.41 bits per heavy atom. The van der Waals surface area contributed by atoms with Crippen LogP contribution in [0.2, 0.25) is 0 Å². The normalized spacial score (nSPS) is 22.7. The predicted molar refractivity (Wildman–Crippen MR) is 159 cm³/mol. The molecule has 3 aromatic rings. The van der Waals surface area contributed by atoms with Gasteiger partial charge in [-0.25, -0.2) is 13.4 Å². The van der Waals surface area contributed by atoms with Crippen molar-refractivity contribution in [2.45, 2.75) is 50.0 Å². The summed E-state index contributed by atoms with van der Waals surface area (Å²) in [6.45, 7) is 0.956. The minimum Gasteiger partial charge on any atom is -0.369 e. The van der Waals surface area contributed by atoms with E-state index in [1.165, 1.54) is 11.3 Å². The summed E-state index contributed by atoms with van der Waals surface area (Å²) in [7, 11) is -2.97. The van der Waals surface area contributed by atoms with Gasteiger partial charge in [0.05, 0.1) is 39.8 Å². The second-order valence-electron chi connectivity index (χ2n) is 11.3. The summed E-state index contributed by atoms with van der Waals surface area (Å²) < 4.78 is 23.8. The molecule has 6 rings (SSSR count). The van der Waals surface area contributed by atoms with Crippen molar-refractivity contribution in [1.29, 1.82) is 10.5 Å². The molecule has 1 amide bonds. The largest absolute Gasteiger partial charge is 0.369 e. The van der Waals surface area contributed by atoms with Crippen molar-refractivity contribution in [2.24, 2.45) is 5.92 Å². The van der Waals surface area contributed by atoms with Crippen LogP contribution in [0.5, 0.6) is 0 Å². The molecular weight excluding hydrogens is 555 g/mol. The summed E-state index contributed by atoms with van der Waals surface area (Å²) in [5, 5.41) is 23.1. The highest BCUT2D eigenvalue weighted by Gasteiger charge is 2.47. The molecule has 41 heavy (non-hydrogen) atoms. The van der Waals surface area contributed by atoms with E-state index in [0.717, 1.165) is 58.1 Å². The second-order valence-corrected chi connectivity index (χ2v) is 14.6. The molecule has 8 nitrogen and oxygen atoms in total. The predicted octanol–water partition coefficient (Wildman–Crippen LogP) is 5.03. The van der Waals surface area contributed by atoms with E-state index in [1.807, 2.05) is 42.5 Å². The van der Waals surface area contributed by atoms with E-state index in [2.05, 4.69) is 22.4 Å². The summed E-state index contributed by atoms with van der Waals surface area (Å²) in [5.41, 5.74) is 3.44. The minimum atomic E-state index is -2.97. The molecule has 1 saturated heterocycles. The minimum absolute atomic E-state index is 0.0675. The van der Waals surface area contributed by atoms with Gasteiger partial charge in [0.15, 0.2) is 9.84 Å². The van der Waals surface area contributed by atoms with Crippen LogP contribution in [0.15, 0.2) is 48.5 Å². The van der Waals surface area contributed by atoms with Crippen molar-refractivity contribution in [3.05, 3.63) is 59.8 Å². The Hall–Kier alpha value is -3.73. The highest BCUT2D eigenvalue weighted by Crippen LogP contribution is 2.47. The van der Waals surface area contributed by atoms with E-state index >= 15 is 0 Å². The number of sulfone groups is 1. The zero-order chi connectivity index (χ0) is 28.6. The molecule has 210 valence electrons. The van der Waals surface area contributed by atoms with Gasteiger partial charge in [0.25, 0.3) is 0 Å². The Balaban J connectivity index is 1.37. The van der Waals surface area contributed by atoms with Crippen molar-refractivity contribution in [1.82, 2.24) is 10.3 Å². The number of hydrogen-bond donors (Lipinski definition) is 1. The topological polar surface area (TPSA) is 127 Å². The number of amides is 1. The SMILES string of the molecule is N#Cc1ccccc1-c1nc(C2CCCCC2C(=O)NC2(C#N)CC2)c(-c2ccc(N3CCS(=O)(=O)CC3)cc2)s1. The van der Waals surface area contributed by atoms with Crippen LogP contribution in [0.4, 0.5) is 5.69 Å². The molecule has 0 spiro atoms. The lowest BCUT2D eigenvalue weighted by Crippen LogP contribution is -2.42. The van der Waals surface area contributed by atoms with Gasteiger partial charge in [-0.1, -0.05) is 43.2 Å². The van der Waals surface area contributed by atoms with Gasteiger partial charge >= 0.3 is 0 Å². The van der Waals surface area contributed by atoms with Crippen LogP contribution < -0.4 is 10.2 Å². The van der Waals surface area contributed by atoms with Crippen LogP contribution in [-0.2, 0) is 14.6 Å². The van der Waals surface area contributed by atoms with Gasteiger partial charge in [0.1, 0.15) is 10.5 Å². The number of aromatic nitrogens is 1. The first-order valence-electron chi connectivity index (χ1n) is 14.1. The van der Waals surface area contributed by atoms with Crippen LogP contribution in [0.25, 0.3) is 21.0 Å². The third kappa shape index (κ3) is 5.59. The summed E-state index contributed by atoms with van der Waals surface area (Å²) in [6.07, 6.45) is 4.91. The summed E-state index contributed by atoms with van der Waals surface area (Å²) in [6, 6.07) is 20.1. The molecule has 2 atom stereocenters. The van der Waals surface area contributed by atoms with Crippen molar-refractivity contribution >= 4 is 32.8 Å². The summed E-state index contributed by atoms with van der Waals surface area (Å²) in [4.78, 5) is 21.7. The fourth-order valence-electron chi connectivity index (χ4n) is 5.96. The van der Waals surface area contributed by atoms with E-state index in [0.29, 0.717) is 31.5 Å². The van der Waals surface area contributed by atoms with Crippen LogP contribution in [0.3, 0.4) is 0 Å². The number of anilines is 1. The zero-order valence-electron chi connectivity index (χ0n) is 22.7. The fourth-order valence-corrected chi connectivity index (χ4v) is 8.34. The fraction of sp³-hybridized carbons (Fsp3) is 0.419. The number of rotatable bonds is 6. The van der Waals surface area contributed by atoms with E-state index in [-0.39, 0.29) is 29.2 Å². The molecule has 1 N–H and O–H groups in total. The van der Waals surface area contributed by atoms with Crippen molar-refractivity contribution in [3.63, 3.8) is 0 Å². The van der Waals surface area contributed by atoms with Crippen LogP contribution >= 0.6 is 11.3 Å². The van der Waals surface area contributed by atoms with E-state index in [4.69, 9.17) is 4.98 Å². The number of hydrogen-bond acceptors (Lipinski definition) is 8. The lowest BCUT2D eigenvalue weighted by Gasteiger charge is -2.31. The first-order chi connectivity index (χ1) is 19.8. The average molecular weight is 586 g/mol. The Morgan fingerprint density at radius 2 is 1.73 bits per heavy atom. The Labute approximate surface area is 244 Å². The number of benzene rings is 2. The third-order valence-corrected chi connectivity index (χ3v) is 11.3. The van der Waals surface area contributed by atoms with Gasteiger partial charge in [-0.05, 0) is 49.4 Å². The first-order valence-corrected chi connectivity index (χ1v) is 16.7. The molecule has 0 radical (unpaired) electrons. The van der Waals surface area contributed by atoms with Gasteiger partial charge in [0, 0.05) is 36.2 Å². The lowest BCUT2D eigenvalue weighted by atomic mass is 9.76. The smallest absolute Gasteiger partial charge is 0.225 e. The molecule has 0 bridgehead atoms. The van der Waals surface area contributed by atoms with Gasteiger partial charge in [-0.2, -0.15) is 10.5 Å². The molecule has 2 aromatic carbocycles. The number of carbonyl (C=O) groups is 1. The number of nitrogens with zero attached hydrogens (tertiary/aromatic N) is 4. The Morgan fingerprint density at radius 1 is 1.02 bits per heavy atom. The molecule has 2 unspecified atom stereocenters. The number of carbonyl (C=O) groups excluding carboxylic acids is 1. The molecule has 3 aliphatic rings. The molecule has 2 aliphatic carbocycles. The van der Waals surface area contributed by atoms with Crippen molar-refractivity contribution < 1.29 is 13.2 Å². The molecule has 1 aliphatic heterocycles. The molecule has 2 heterocycles. The monoisotopic (exact) mass is 585 g/mol. The zero-order valence-corrected chi connectivity index (χ0v) is 24.3. The lowest BCUT2D eigenvalue weighted by molar-refractivity contribution is -0.127. The van der Waals surface area contributed by atoms with E-state index in [9.17, 15) is 23.7 Å².